The fraction of sp³-hybridized carbons (Fsp3) is 0.400. The average Bonchev–Trinajstić information content (AvgIpc) is 2.80. The van der Waals surface area contributed by atoms with E-state index in [2.05, 4.69) is 14.8 Å². The van der Waals surface area contributed by atoms with Gasteiger partial charge in [-0.1, -0.05) is 64.8 Å². The van der Waals surface area contributed by atoms with E-state index in [0.29, 0.717) is 22.4 Å². The summed E-state index contributed by atoms with van der Waals surface area (Å²) >= 11 is 16.7. The number of hydrogen-bond acceptors (Lipinski definition) is 10. The number of hydrogen-bond donors (Lipinski definition) is 2. The lowest BCUT2D eigenvalue weighted by Gasteiger charge is -2.48. The van der Waals surface area contributed by atoms with Crippen molar-refractivity contribution in [3.05, 3.63) is 30.3 Å². The first-order valence-electron chi connectivity index (χ1n) is 9.88. The van der Waals surface area contributed by atoms with Crippen molar-refractivity contribution in [2.75, 3.05) is 19.8 Å². The number of carboxylic acid groups (broad SMARTS) is 1. The largest absolute Gasteiger partial charge is 0.508 e. The smallest absolute Gasteiger partial charge is 0.484 e. The number of benzene rings is 1. The molecule has 0 radical (unpaired) electrons. The molecule has 1 aliphatic heterocycles. The highest BCUT2D eigenvalue weighted by atomic mass is 35.6. The lowest BCUT2D eigenvalue weighted by molar-refractivity contribution is -0.164. The number of nitrogens with one attached hydrogen (secondary N) is 1. The van der Waals surface area contributed by atoms with Crippen molar-refractivity contribution < 1.29 is 48.1 Å². The molecule has 2 rings (SSSR count). The van der Waals surface area contributed by atoms with Gasteiger partial charge in [-0.3, -0.25) is 19.2 Å². The number of aliphatic carboxylic acids is 1. The normalized spacial score (nSPS) is 17.9. The van der Waals surface area contributed by atoms with Crippen LogP contribution in [0.25, 0.3) is 0 Å². The molecule has 0 aliphatic carbocycles. The van der Waals surface area contributed by atoms with Crippen LogP contribution >= 0.6 is 46.6 Å². The van der Waals surface area contributed by atoms with Gasteiger partial charge in [0, 0.05) is 0 Å². The lowest BCUT2D eigenvalue weighted by atomic mass is 10.0. The summed E-state index contributed by atoms with van der Waals surface area (Å²) in [5.41, 5.74) is 0. The van der Waals surface area contributed by atoms with Gasteiger partial charge in [0.2, 0.25) is 14.8 Å². The number of nitrogens with zero attached hydrogens (tertiary/aromatic N) is 1. The van der Waals surface area contributed by atoms with Crippen LogP contribution < -0.4 is 10.1 Å². The van der Waals surface area contributed by atoms with Crippen LogP contribution in [0.1, 0.15) is 6.92 Å². The van der Waals surface area contributed by atoms with E-state index in [1.165, 1.54) is 0 Å². The van der Waals surface area contributed by atoms with E-state index in [9.17, 15) is 33.9 Å². The Bertz CT molecular complexity index is 1010. The van der Waals surface area contributed by atoms with Gasteiger partial charge < -0.3 is 29.5 Å². The molecule has 2 N–H and O–H groups in total. The molecular formula is C20H19Cl3N2O10S. The zero-order valence-corrected chi connectivity index (χ0v) is 21.4. The molecule has 0 bridgehead atoms. The standard InChI is InChI=1S/C20H19Cl3N2O10S/c1-10(26)15(18(30)31)25-16(29)14(24-12(27)7-33-11-5-3-2-4-6-11)17(25)36-13(28)8-34-19(32)35-9-20(21,22)23/h2-6,14-15,17H,7-9H2,1H3,(H,24,27)(H,30,31). The first kappa shape index (κ1) is 29.5. The predicted molar refractivity (Wildman–Crippen MR) is 127 cm³/mol. The van der Waals surface area contributed by atoms with Gasteiger partial charge in [-0.05, 0) is 19.1 Å². The number of rotatable bonds is 11. The number of thioether (sulfide) groups is 1. The number of ketones is 1. The minimum absolute atomic E-state index is 0.376. The number of β-lactam (4-membered cyclic amide) rings is 1. The quantitative estimate of drug-likeness (QED) is 0.167. The van der Waals surface area contributed by atoms with Crippen molar-refractivity contribution in [2.45, 2.75) is 28.2 Å². The van der Waals surface area contributed by atoms with Crippen LogP contribution in [0.3, 0.4) is 0 Å². The number of Topliss-reactive ketones (excluding diaryl/α,β-unsaturated/α-hetero) is 1. The van der Waals surface area contributed by atoms with Crippen molar-refractivity contribution in [3.63, 3.8) is 0 Å². The molecule has 2 amide bonds. The summed E-state index contributed by atoms with van der Waals surface area (Å²) in [4.78, 5) is 72.9. The second-order valence-corrected chi connectivity index (χ2v) is 10.8. The van der Waals surface area contributed by atoms with E-state index in [1.54, 1.807) is 30.3 Å². The number of carbonyl (C=O) groups excluding carboxylic acids is 5. The van der Waals surface area contributed by atoms with Crippen LogP contribution in [-0.4, -0.2) is 85.9 Å². The Hall–Kier alpha value is -2.74. The fourth-order valence-corrected chi connectivity index (χ4v) is 4.08. The van der Waals surface area contributed by atoms with Gasteiger partial charge in [0.15, 0.2) is 25.0 Å². The highest BCUT2D eigenvalue weighted by Crippen LogP contribution is 2.33. The number of amides is 2. The topological polar surface area (TPSA) is 166 Å². The maximum absolute atomic E-state index is 12.6. The second-order valence-electron chi connectivity index (χ2n) is 7.07. The van der Waals surface area contributed by atoms with Crippen LogP contribution in [0.15, 0.2) is 30.3 Å². The summed E-state index contributed by atoms with van der Waals surface area (Å²) in [5, 5.41) is 9.60. The molecule has 16 heteroatoms. The maximum atomic E-state index is 12.6. The number of carbonyl (C=O) groups is 6. The van der Waals surface area contributed by atoms with Crippen molar-refractivity contribution in [3.8, 4) is 5.75 Å². The van der Waals surface area contributed by atoms with Crippen LogP contribution in [0.2, 0.25) is 0 Å². The number of carboxylic acids is 1. The van der Waals surface area contributed by atoms with Gasteiger partial charge in [0.25, 0.3) is 5.91 Å². The number of halogens is 3. The number of ether oxygens (including phenoxy) is 3. The molecule has 1 heterocycles. The van der Waals surface area contributed by atoms with Crippen molar-refractivity contribution >= 4 is 81.4 Å². The lowest BCUT2D eigenvalue weighted by Crippen LogP contribution is -2.74. The Balaban J connectivity index is 2.04. The molecule has 1 aromatic carbocycles. The van der Waals surface area contributed by atoms with Crippen LogP contribution in [0.5, 0.6) is 5.75 Å². The molecule has 3 unspecified atom stereocenters. The maximum Gasteiger partial charge on any atom is 0.508 e. The highest BCUT2D eigenvalue weighted by molar-refractivity contribution is 8.14. The van der Waals surface area contributed by atoms with Crippen LogP contribution in [-0.2, 0) is 33.4 Å². The molecule has 36 heavy (non-hydrogen) atoms. The monoisotopic (exact) mass is 584 g/mol. The number of alkyl halides is 3. The van der Waals surface area contributed by atoms with Crippen molar-refractivity contribution in [1.29, 1.82) is 0 Å². The molecule has 0 aromatic heterocycles. The van der Waals surface area contributed by atoms with Crippen LogP contribution in [0.4, 0.5) is 4.79 Å². The Morgan fingerprint density at radius 1 is 1.11 bits per heavy atom. The van der Waals surface area contributed by atoms with E-state index in [1.807, 2.05) is 0 Å². The van der Waals surface area contributed by atoms with Gasteiger partial charge in [-0.15, -0.1) is 0 Å². The summed E-state index contributed by atoms with van der Waals surface area (Å²) in [6.45, 7) is -1.04. The third kappa shape index (κ3) is 8.73. The Labute approximate surface area is 223 Å². The molecule has 0 spiro atoms. The molecule has 12 nitrogen and oxygen atoms in total. The van der Waals surface area contributed by atoms with Gasteiger partial charge in [-0.25, -0.2) is 9.59 Å². The zero-order chi connectivity index (χ0) is 27.0. The summed E-state index contributed by atoms with van der Waals surface area (Å²) in [5.74, 6) is -3.76. The average molecular weight is 586 g/mol. The van der Waals surface area contributed by atoms with Crippen molar-refractivity contribution in [1.82, 2.24) is 10.2 Å². The molecule has 0 saturated carbocycles. The molecular weight excluding hydrogens is 567 g/mol. The molecule has 1 saturated heterocycles. The zero-order valence-electron chi connectivity index (χ0n) is 18.4. The third-order valence-electron chi connectivity index (χ3n) is 4.32. The van der Waals surface area contributed by atoms with E-state index < -0.39 is 75.9 Å². The summed E-state index contributed by atoms with van der Waals surface area (Å²) in [7, 11) is 0. The van der Waals surface area contributed by atoms with E-state index in [4.69, 9.17) is 39.5 Å². The van der Waals surface area contributed by atoms with E-state index in [-0.39, 0.29) is 0 Å². The first-order chi connectivity index (χ1) is 16.8. The summed E-state index contributed by atoms with van der Waals surface area (Å²) < 4.78 is 12.5. The second kappa shape index (κ2) is 13.0. The molecule has 3 atom stereocenters. The number of likely N-dealkylation sites (tertiary alicyclic amines) is 1. The number of para-hydroxylation sites is 1. The highest BCUT2D eigenvalue weighted by Gasteiger charge is 2.55. The minimum Gasteiger partial charge on any atom is -0.484 e. The Morgan fingerprint density at radius 3 is 2.31 bits per heavy atom. The Kier molecular flexibility index (Phi) is 10.6. The first-order valence-corrected chi connectivity index (χ1v) is 11.9. The summed E-state index contributed by atoms with van der Waals surface area (Å²) in [6.07, 6.45) is -1.33. The fourth-order valence-electron chi connectivity index (χ4n) is 2.86. The molecule has 1 aliphatic rings. The molecule has 1 fully saturated rings. The van der Waals surface area contributed by atoms with E-state index in [0.717, 1.165) is 6.92 Å². The Morgan fingerprint density at radius 2 is 1.75 bits per heavy atom. The summed E-state index contributed by atoms with van der Waals surface area (Å²) in [6, 6.07) is 5.05. The predicted octanol–water partition coefficient (Wildman–Crippen LogP) is 1.54. The van der Waals surface area contributed by atoms with E-state index >= 15 is 0 Å². The van der Waals surface area contributed by atoms with Gasteiger partial charge >= 0.3 is 12.1 Å². The van der Waals surface area contributed by atoms with Crippen LogP contribution in [0, 0.1) is 0 Å². The minimum atomic E-state index is -1.90. The molecule has 196 valence electrons. The SMILES string of the molecule is CC(=O)C(C(=O)O)N1C(=O)C(NC(=O)COc2ccccc2)C1SC(=O)COC(=O)OCC(Cl)(Cl)Cl. The molecule has 1 aromatic rings. The van der Waals surface area contributed by atoms with Crippen molar-refractivity contribution in [2.24, 2.45) is 0 Å². The van der Waals surface area contributed by atoms with Gasteiger partial charge in [0.1, 0.15) is 23.8 Å². The van der Waals surface area contributed by atoms with Gasteiger partial charge in [-0.2, -0.15) is 0 Å². The third-order valence-corrected chi connectivity index (χ3v) is 5.77. The van der Waals surface area contributed by atoms with Gasteiger partial charge in [0.05, 0.1) is 0 Å².